The Morgan fingerprint density at radius 1 is 0.933 bits per heavy atom. The van der Waals surface area contributed by atoms with Crippen molar-refractivity contribution in [2.75, 3.05) is 0 Å². The molecular formula is C21H17N3O6. The summed E-state index contributed by atoms with van der Waals surface area (Å²) in [5, 5.41) is 32.0. The van der Waals surface area contributed by atoms with Gasteiger partial charge in [0.05, 0.1) is 15.9 Å². The molecule has 152 valence electrons. The maximum Gasteiger partial charge on any atom is 0.318 e. The zero-order valence-electron chi connectivity index (χ0n) is 16.1. The number of aliphatic imine (C=N–C) groups is 1. The lowest BCUT2D eigenvalue weighted by atomic mass is 10.1. The number of benzene rings is 3. The molecule has 0 aliphatic heterocycles. The maximum absolute atomic E-state index is 11.2. The van der Waals surface area contributed by atoms with Crippen LogP contribution in [0.4, 0.5) is 17.1 Å². The normalized spacial score (nSPS) is 10.9. The molecule has 0 aliphatic rings. The monoisotopic (exact) mass is 407 g/mol. The van der Waals surface area contributed by atoms with E-state index in [0.717, 1.165) is 28.8 Å². The minimum atomic E-state index is -0.737. The number of ether oxygens (including phenoxy) is 1. The van der Waals surface area contributed by atoms with Gasteiger partial charge >= 0.3 is 5.69 Å². The van der Waals surface area contributed by atoms with Crippen LogP contribution < -0.4 is 4.74 Å². The number of rotatable bonds is 6. The van der Waals surface area contributed by atoms with Crippen LogP contribution in [0.25, 0.3) is 0 Å². The van der Waals surface area contributed by atoms with Crippen molar-refractivity contribution in [3.8, 4) is 17.2 Å². The summed E-state index contributed by atoms with van der Waals surface area (Å²) < 4.78 is 5.52. The largest absolute Gasteiger partial charge is 0.506 e. The van der Waals surface area contributed by atoms with Gasteiger partial charge in [0.1, 0.15) is 17.2 Å². The molecule has 3 aromatic rings. The number of aryl methyl sites for hydroxylation is 2. The van der Waals surface area contributed by atoms with E-state index in [9.17, 15) is 25.3 Å². The molecule has 0 amide bonds. The lowest BCUT2D eigenvalue weighted by molar-refractivity contribution is -0.394. The second-order valence-corrected chi connectivity index (χ2v) is 6.52. The van der Waals surface area contributed by atoms with Crippen LogP contribution in [0.1, 0.15) is 16.7 Å². The van der Waals surface area contributed by atoms with E-state index in [4.69, 9.17) is 4.74 Å². The molecule has 30 heavy (non-hydrogen) atoms. The zero-order chi connectivity index (χ0) is 21.8. The smallest absolute Gasteiger partial charge is 0.318 e. The van der Waals surface area contributed by atoms with Crippen LogP contribution in [0, 0.1) is 34.1 Å². The lowest BCUT2D eigenvalue weighted by Gasteiger charge is -2.07. The van der Waals surface area contributed by atoms with E-state index in [1.165, 1.54) is 6.07 Å². The summed E-state index contributed by atoms with van der Waals surface area (Å²) in [4.78, 5) is 24.9. The van der Waals surface area contributed by atoms with Gasteiger partial charge in [-0.15, -0.1) is 0 Å². The molecule has 0 unspecified atom stereocenters. The molecule has 0 spiro atoms. The Balaban J connectivity index is 1.79. The molecule has 1 N–H and O–H groups in total. The number of phenols is 1. The Morgan fingerprint density at radius 2 is 1.60 bits per heavy atom. The second kappa shape index (κ2) is 8.39. The van der Waals surface area contributed by atoms with Crippen molar-refractivity contribution in [2.24, 2.45) is 4.99 Å². The summed E-state index contributed by atoms with van der Waals surface area (Å²) in [5.41, 5.74) is 2.25. The first-order valence-corrected chi connectivity index (χ1v) is 8.79. The van der Waals surface area contributed by atoms with E-state index in [2.05, 4.69) is 4.99 Å². The Labute approximate surface area is 171 Å². The molecular weight excluding hydrogens is 390 g/mol. The highest BCUT2D eigenvalue weighted by Gasteiger charge is 2.21. The van der Waals surface area contributed by atoms with E-state index in [0.29, 0.717) is 11.4 Å². The molecule has 0 bridgehead atoms. The van der Waals surface area contributed by atoms with Crippen molar-refractivity contribution in [2.45, 2.75) is 13.8 Å². The van der Waals surface area contributed by atoms with E-state index in [1.807, 2.05) is 13.8 Å². The van der Waals surface area contributed by atoms with Gasteiger partial charge < -0.3 is 9.84 Å². The molecule has 3 aromatic carbocycles. The van der Waals surface area contributed by atoms with Crippen LogP contribution in [0.5, 0.6) is 17.2 Å². The summed E-state index contributed by atoms with van der Waals surface area (Å²) in [6.45, 7) is 3.83. The van der Waals surface area contributed by atoms with Crippen molar-refractivity contribution in [3.05, 3.63) is 91.5 Å². The highest BCUT2D eigenvalue weighted by molar-refractivity contribution is 5.83. The van der Waals surface area contributed by atoms with Crippen molar-refractivity contribution in [1.29, 1.82) is 0 Å². The number of nitro groups is 2. The molecule has 0 radical (unpaired) electrons. The highest BCUT2D eigenvalue weighted by Crippen LogP contribution is 2.34. The Morgan fingerprint density at radius 3 is 2.23 bits per heavy atom. The summed E-state index contributed by atoms with van der Waals surface area (Å²) in [5.74, 6) is 0.296. The summed E-state index contributed by atoms with van der Waals surface area (Å²) >= 11 is 0. The number of aromatic hydroxyl groups is 1. The van der Waals surface area contributed by atoms with Gasteiger partial charge in [0.15, 0.2) is 0 Å². The first-order valence-electron chi connectivity index (χ1n) is 8.79. The third-order valence-electron chi connectivity index (χ3n) is 4.40. The molecule has 9 heteroatoms. The molecule has 9 nitrogen and oxygen atoms in total. The van der Waals surface area contributed by atoms with Gasteiger partial charge in [-0.1, -0.05) is 0 Å². The zero-order valence-corrected chi connectivity index (χ0v) is 16.1. The van der Waals surface area contributed by atoms with Gasteiger partial charge in [0.2, 0.25) is 5.75 Å². The van der Waals surface area contributed by atoms with Crippen LogP contribution in [-0.4, -0.2) is 21.2 Å². The molecule has 3 rings (SSSR count). The van der Waals surface area contributed by atoms with Crippen molar-refractivity contribution >= 4 is 23.3 Å². The third kappa shape index (κ3) is 4.58. The first-order chi connectivity index (χ1) is 14.2. The minimum absolute atomic E-state index is 0.0831. The van der Waals surface area contributed by atoms with Crippen LogP contribution in [0.2, 0.25) is 0 Å². The number of phenolic OH excluding ortho intramolecular Hbond substituents is 1. The molecule has 0 heterocycles. The van der Waals surface area contributed by atoms with Crippen LogP contribution in [0.15, 0.2) is 59.6 Å². The van der Waals surface area contributed by atoms with Crippen molar-refractivity contribution < 1.29 is 19.7 Å². The lowest BCUT2D eigenvalue weighted by Crippen LogP contribution is -1.96. The molecule has 0 saturated heterocycles. The Kier molecular flexibility index (Phi) is 5.73. The van der Waals surface area contributed by atoms with Crippen LogP contribution in [0.3, 0.4) is 0 Å². The average Bonchev–Trinajstić information content (AvgIpc) is 2.70. The van der Waals surface area contributed by atoms with Crippen molar-refractivity contribution in [1.82, 2.24) is 0 Å². The first kappa shape index (κ1) is 20.5. The number of hydrogen-bond donors (Lipinski definition) is 1. The summed E-state index contributed by atoms with van der Waals surface area (Å²) in [6.07, 6.45) is 1.57. The van der Waals surface area contributed by atoms with E-state index in [1.54, 1.807) is 42.6 Å². The van der Waals surface area contributed by atoms with E-state index < -0.39 is 21.2 Å². The summed E-state index contributed by atoms with van der Waals surface area (Å²) in [7, 11) is 0. The fraction of sp³-hybridized carbons (Fsp3) is 0.0952. The minimum Gasteiger partial charge on any atom is -0.506 e. The van der Waals surface area contributed by atoms with Crippen LogP contribution in [-0.2, 0) is 0 Å². The summed E-state index contributed by atoms with van der Waals surface area (Å²) in [6, 6.07) is 13.2. The third-order valence-corrected chi connectivity index (χ3v) is 4.40. The number of nitrogens with zero attached hydrogens (tertiary/aromatic N) is 3. The molecule has 0 atom stereocenters. The number of hydrogen-bond acceptors (Lipinski definition) is 7. The van der Waals surface area contributed by atoms with Crippen molar-refractivity contribution in [3.63, 3.8) is 0 Å². The van der Waals surface area contributed by atoms with Gasteiger partial charge in [0.25, 0.3) is 5.69 Å². The molecule has 0 aliphatic carbocycles. The topological polar surface area (TPSA) is 128 Å². The van der Waals surface area contributed by atoms with Gasteiger partial charge in [0, 0.05) is 12.3 Å². The molecule has 0 aromatic heterocycles. The van der Waals surface area contributed by atoms with Gasteiger partial charge in [-0.2, -0.15) is 0 Å². The Hall–Kier alpha value is -4.27. The SMILES string of the molecule is Cc1cc(O)c(N=Cc2ccc(Oc3ccc([N+](=O)[O-])cc3[N+](=O)[O-])cc2)cc1C. The van der Waals surface area contributed by atoms with E-state index in [-0.39, 0.29) is 11.5 Å². The quantitative estimate of drug-likeness (QED) is 0.332. The van der Waals surface area contributed by atoms with Gasteiger partial charge in [-0.05, 0) is 73.0 Å². The van der Waals surface area contributed by atoms with Crippen LogP contribution >= 0.6 is 0 Å². The Bertz CT molecular complexity index is 1160. The maximum atomic E-state index is 11.2. The molecule has 0 saturated carbocycles. The molecule has 0 fully saturated rings. The van der Waals surface area contributed by atoms with Gasteiger partial charge in [-0.3, -0.25) is 25.2 Å². The highest BCUT2D eigenvalue weighted by atomic mass is 16.6. The predicted molar refractivity (Wildman–Crippen MR) is 111 cm³/mol. The predicted octanol–water partition coefficient (Wildman–Crippen LogP) is 5.37. The fourth-order valence-corrected chi connectivity index (χ4v) is 2.63. The average molecular weight is 407 g/mol. The van der Waals surface area contributed by atoms with Gasteiger partial charge in [-0.25, -0.2) is 0 Å². The van der Waals surface area contributed by atoms with E-state index >= 15 is 0 Å². The second-order valence-electron chi connectivity index (χ2n) is 6.52. The fourth-order valence-electron chi connectivity index (χ4n) is 2.63. The number of nitro benzene ring substituents is 2. The standard InChI is InChI=1S/C21H17N3O6/c1-13-9-18(20(25)10-14(13)2)22-12-15-3-6-17(7-4-15)30-21-8-5-16(23(26)27)11-19(21)24(28)29/h3-12,25H,1-2H3. The number of non-ortho nitro benzene ring substituents is 1.